The van der Waals surface area contributed by atoms with Crippen LogP contribution >= 0.6 is 0 Å². The van der Waals surface area contributed by atoms with Crippen molar-refractivity contribution in [1.82, 2.24) is 4.98 Å². The molecule has 1 aromatic heterocycles. The zero-order chi connectivity index (χ0) is 16.4. The quantitative estimate of drug-likeness (QED) is 0.910. The lowest BCUT2D eigenvalue weighted by atomic mass is 9.98. The van der Waals surface area contributed by atoms with Crippen molar-refractivity contribution in [2.24, 2.45) is 0 Å². The molecule has 0 amide bonds. The number of hydrogen-bond acceptors (Lipinski definition) is 3. The van der Waals surface area contributed by atoms with Crippen LogP contribution < -0.4 is 10.5 Å². The second-order valence-corrected chi connectivity index (χ2v) is 6.27. The molecule has 1 aliphatic rings. The van der Waals surface area contributed by atoms with Gasteiger partial charge in [0.1, 0.15) is 5.75 Å². The highest BCUT2D eigenvalue weighted by Crippen LogP contribution is 2.32. The fraction of sp³-hybridized carbons (Fsp3) is 0.421. The van der Waals surface area contributed by atoms with Gasteiger partial charge in [0, 0.05) is 36.0 Å². The van der Waals surface area contributed by atoms with Gasteiger partial charge in [-0.3, -0.25) is 4.79 Å². The summed E-state index contributed by atoms with van der Waals surface area (Å²) in [5.74, 6) is 0.0748. The Morgan fingerprint density at radius 2 is 1.91 bits per heavy atom. The first-order chi connectivity index (χ1) is 11.1. The Morgan fingerprint density at radius 3 is 2.57 bits per heavy atom. The fourth-order valence-corrected chi connectivity index (χ4v) is 3.44. The number of aromatic hydroxyl groups is 1. The average molecular weight is 312 g/mol. The van der Waals surface area contributed by atoms with Crippen LogP contribution in [0.15, 0.2) is 29.1 Å². The number of aromatic amines is 1. The second-order valence-electron chi connectivity index (χ2n) is 6.27. The minimum absolute atomic E-state index is 0.0748. The van der Waals surface area contributed by atoms with Crippen LogP contribution in [-0.2, 0) is 6.42 Å². The standard InChI is InChI=1S/C19H24N2O2/c1-3-15-17(22)12-18(23)20-19(15)16-8-7-14(11-13(16)2)21-9-5-4-6-10-21/h7-8,11-12H,3-6,9-10H2,1-2H3,(H2,20,22,23). The second kappa shape index (κ2) is 6.49. The third kappa shape index (κ3) is 3.11. The van der Waals surface area contributed by atoms with Crippen LogP contribution in [0.2, 0.25) is 0 Å². The van der Waals surface area contributed by atoms with Crippen molar-refractivity contribution in [1.29, 1.82) is 0 Å². The molecule has 4 heteroatoms. The van der Waals surface area contributed by atoms with Crippen molar-refractivity contribution in [2.45, 2.75) is 39.5 Å². The van der Waals surface area contributed by atoms with Crippen molar-refractivity contribution < 1.29 is 5.11 Å². The van der Waals surface area contributed by atoms with E-state index in [9.17, 15) is 9.90 Å². The highest BCUT2D eigenvalue weighted by molar-refractivity contribution is 5.71. The van der Waals surface area contributed by atoms with Crippen LogP contribution in [0.1, 0.15) is 37.3 Å². The highest BCUT2D eigenvalue weighted by Gasteiger charge is 2.15. The Hall–Kier alpha value is -2.23. The van der Waals surface area contributed by atoms with E-state index in [0.29, 0.717) is 6.42 Å². The number of hydrogen-bond donors (Lipinski definition) is 2. The molecular formula is C19H24N2O2. The van der Waals surface area contributed by atoms with E-state index in [0.717, 1.165) is 35.5 Å². The van der Waals surface area contributed by atoms with E-state index in [-0.39, 0.29) is 11.3 Å². The minimum Gasteiger partial charge on any atom is -0.507 e. The van der Waals surface area contributed by atoms with E-state index in [1.807, 2.05) is 6.92 Å². The number of piperidine rings is 1. The van der Waals surface area contributed by atoms with Crippen LogP contribution in [-0.4, -0.2) is 23.2 Å². The number of benzene rings is 1. The van der Waals surface area contributed by atoms with E-state index in [2.05, 4.69) is 35.0 Å². The molecule has 2 N–H and O–H groups in total. The van der Waals surface area contributed by atoms with Crippen LogP contribution in [0.4, 0.5) is 5.69 Å². The summed E-state index contributed by atoms with van der Waals surface area (Å²) >= 11 is 0. The largest absolute Gasteiger partial charge is 0.507 e. The van der Waals surface area contributed by atoms with Gasteiger partial charge >= 0.3 is 0 Å². The summed E-state index contributed by atoms with van der Waals surface area (Å²) in [5.41, 5.74) is 4.60. The molecule has 1 saturated heterocycles. The normalized spacial score (nSPS) is 15.0. The van der Waals surface area contributed by atoms with E-state index >= 15 is 0 Å². The third-order valence-corrected chi connectivity index (χ3v) is 4.68. The summed E-state index contributed by atoms with van der Waals surface area (Å²) in [6, 6.07) is 7.61. The molecule has 23 heavy (non-hydrogen) atoms. The van der Waals surface area contributed by atoms with Crippen molar-refractivity contribution in [3.63, 3.8) is 0 Å². The molecular weight excluding hydrogens is 288 g/mol. The molecule has 0 spiro atoms. The lowest BCUT2D eigenvalue weighted by Gasteiger charge is -2.29. The van der Waals surface area contributed by atoms with Crippen molar-refractivity contribution in [3.05, 3.63) is 45.7 Å². The smallest absolute Gasteiger partial charge is 0.252 e. The van der Waals surface area contributed by atoms with Crippen molar-refractivity contribution in [2.75, 3.05) is 18.0 Å². The lowest BCUT2D eigenvalue weighted by molar-refractivity contribution is 0.467. The van der Waals surface area contributed by atoms with Crippen LogP contribution in [0.3, 0.4) is 0 Å². The number of aromatic nitrogens is 1. The van der Waals surface area contributed by atoms with E-state index in [1.54, 1.807) is 0 Å². The van der Waals surface area contributed by atoms with Gasteiger partial charge in [0.15, 0.2) is 0 Å². The number of H-pyrrole nitrogens is 1. The monoisotopic (exact) mass is 312 g/mol. The summed E-state index contributed by atoms with van der Waals surface area (Å²) < 4.78 is 0. The zero-order valence-electron chi connectivity index (χ0n) is 13.9. The summed E-state index contributed by atoms with van der Waals surface area (Å²) in [4.78, 5) is 17.1. The first-order valence-corrected chi connectivity index (χ1v) is 8.41. The van der Waals surface area contributed by atoms with Gasteiger partial charge in [0.25, 0.3) is 5.56 Å². The van der Waals surface area contributed by atoms with E-state index in [1.165, 1.54) is 31.0 Å². The summed E-state index contributed by atoms with van der Waals surface area (Å²) in [7, 11) is 0. The predicted octanol–water partition coefficient (Wildman–Crippen LogP) is 3.61. The Kier molecular flexibility index (Phi) is 4.42. The Labute approximate surface area is 136 Å². The predicted molar refractivity (Wildman–Crippen MR) is 94.3 cm³/mol. The molecule has 1 aliphatic heterocycles. The Morgan fingerprint density at radius 1 is 1.17 bits per heavy atom. The maximum atomic E-state index is 11.8. The molecule has 1 fully saturated rings. The number of rotatable bonds is 3. The van der Waals surface area contributed by atoms with Gasteiger partial charge in [-0.2, -0.15) is 0 Å². The summed E-state index contributed by atoms with van der Waals surface area (Å²) in [6.45, 7) is 6.27. The number of anilines is 1. The third-order valence-electron chi connectivity index (χ3n) is 4.68. The molecule has 4 nitrogen and oxygen atoms in total. The van der Waals surface area contributed by atoms with E-state index < -0.39 is 0 Å². The average Bonchev–Trinajstić information content (AvgIpc) is 2.55. The number of nitrogens with one attached hydrogen (secondary N) is 1. The molecule has 2 heterocycles. The molecule has 0 radical (unpaired) electrons. The van der Waals surface area contributed by atoms with Gasteiger partial charge in [-0.1, -0.05) is 13.0 Å². The van der Waals surface area contributed by atoms with Crippen molar-refractivity contribution >= 4 is 5.69 Å². The Balaban J connectivity index is 2.03. The molecule has 0 atom stereocenters. The van der Waals surface area contributed by atoms with Gasteiger partial charge < -0.3 is 15.0 Å². The van der Waals surface area contributed by atoms with Gasteiger partial charge in [-0.05, 0) is 50.3 Å². The first-order valence-electron chi connectivity index (χ1n) is 8.41. The van der Waals surface area contributed by atoms with Gasteiger partial charge in [-0.25, -0.2) is 0 Å². The topological polar surface area (TPSA) is 56.3 Å². The molecule has 1 aromatic carbocycles. The van der Waals surface area contributed by atoms with Gasteiger partial charge in [-0.15, -0.1) is 0 Å². The van der Waals surface area contributed by atoms with Gasteiger partial charge in [0.2, 0.25) is 0 Å². The number of nitrogens with zero attached hydrogens (tertiary/aromatic N) is 1. The molecule has 2 aromatic rings. The molecule has 0 unspecified atom stereocenters. The first kappa shape index (κ1) is 15.7. The maximum absolute atomic E-state index is 11.8. The van der Waals surface area contributed by atoms with Gasteiger partial charge in [0.05, 0.1) is 5.69 Å². The molecule has 0 bridgehead atoms. The molecule has 0 aliphatic carbocycles. The molecule has 122 valence electrons. The maximum Gasteiger partial charge on any atom is 0.252 e. The highest BCUT2D eigenvalue weighted by atomic mass is 16.3. The zero-order valence-corrected chi connectivity index (χ0v) is 13.9. The Bertz CT molecular complexity index is 758. The fourth-order valence-electron chi connectivity index (χ4n) is 3.44. The molecule has 0 saturated carbocycles. The SMILES string of the molecule is CCc1c(O)cc(=O)[nH]c1-c1ccc(N2CCCCC2)cc1C. The lowest BCUT2D eigenvalue weighted by Crippen LogP contribution is -2.29. The molecule has 3 rings (SSSR count). The minimum atomic E-state index is -0.269. The summed E-state index contributed by atoms with van der Waals surface area (Å²) in [5, 5.41) is 10.1. The number of aryl methyl sites for hydroxylation is 1. The van der Waals surface area contributed by atoms with E-state index in [4.69, 9.17) is 0 Å². The number of pyridine rings is 1. The van der Waals surface area contributed by atoms with Crippen LogP contribution in [0, 0.1) is 6.92 Å². The van der Waals surface area contributed by atoms with Crippen LogP contribution in [0.25, 0.3) is 11.3 Å². The van der Waals surface area contributed by atoms with Crippen molar-refractivity contribution in [3.8, 4) is 17.0 Å². The van der Waals surface area contributed by atoms with Crippen LogP contribution in [0.5, 0.6) is 5.75 Å². The summed E-state index contributed by atoms with van der Waals surface area (Å²) in [6.07, 6.45) is 4.49.